The van der Waals surface area contributed by atoms with E-state index < -0.39 is 29.4 Å². The molecule has 3 rings (SSSR count). The number of likely N-dealkylation sites (tertiary alicyclic amines) is 1. The Hall–Kier alpha value is -2.28. The summed E-state index contributed by atoms with van der Waals surface area (Å²) in [7, 11) is 0. The summed E-state index contributed by atoms with van der Waals surface area (Å²) in [5.41, 5.74) is -0.283. The highest BCUT2D eigenvalue weighted by Gasteiger charge is 2.44. The van der Waals surface area contributed by atoms with Gasteiger partial charge in [0.2, 0.25) is 0 Å². The number of hydrogen-bond acceptors (Lipinski definition) is 3. The monoisotopic (exact) mass is 454 g/mol. The zero-order valence-corrected chi connectivity index (χ0v) is 18.6. The molecule has 0 unspecified atom stereocenters. The van der Waals surface area contributed by atoms with Crippen molar-refractivity contribution in [3.63, 3.8) is 0 Å². The number of aromatic nitrogens is 1. The van der Waals surface area contributed by atoms with Crippen LogP contribution < -0.4 is 0 Å². The first kappa shape index (κ1) is 23.4. The molecular weight excluding hydrogens is 429 g/mol. The third kappa shape index (κ3) is 5.91. The lowest BCUT2D eigenvalue weighted by Crippen LogP contribution is -2.44. The highest BCUT2D eigenvalue weighted by atomic mass is 35.5. The van der Waals surface area contributed by atoms with Crippen molar-refractivity contribution < 1.29 is 22.7 Å². The maximum atomic E-state index is 15.2. The fourth-order valence-electron chi connectivity index (χ4n) is 3.58. The van der Waals surface area contributed by atoms with Gasteiger partial charge in [0.1, 0.15) is 17.1 Å². The van der Waals surface area contributed by atoms with E-state index in [0.717, 1.165) is 0 Å². The van der Waals surface area contributed by atoms with E-state index in [1.165, 1.54) is 29.2 Å². The Morgan fingerprint density at radius 3 is 2.48 bits per heavy atom. The summed E-state index contributed by atoms with van der Waals surface area (Å²) in [6.07, 6.45) is -0.114. The van der Waals surface area contributed by atoms with E-state index in [1.807, 2.05) is 0 Å². The van der Waals surface area contributed by atoms with Crippen LogP contribution in [0.25, 0.3) is 0 Å². The summed E-state index contributed by atoms with van der Waals surface area (Å²) < 4.78 is 49.8. The van der Waals surface area contributed by atoms with Crippen LogP contribution in [0.1, 0.15) is 50.6 Å². The van der Waals surface area contributed by atoms with E-state index in [0.29, 0.717) is 11.3 Å². The molecule has 1 aromatic heterocycles. The predicted octanol–water partition coefficient (Wildman–Crippen LogP) is 6.20. The second-order valence-corrected chi connectivity index (χ2v) is 9.23. The van der Waals surface area contributed by atoms with Gasteiger partial charge in [0.05, 0.1) is 0 Å². The van der Waals surface area contributed by atoms with E-state index >= 15 is 8.78 Å². The average Bonchev–Trinajstić information content (AvgIpc) is 2.69. The van der Waals surface area contributed by atoms with Crippen molar-refractivity contribution in [1.82, 2.24) is 9.88 Å². The molecule has 0 saturated carbocycles. The van der Waals surface area contributed by atoms with Gasteiger partial charge in [-0.05, 0) is 63.4 Å². The van der Waals surface area contributed by atoms with Crippen molar-refractivity contribution >= 4 is 17.7 Å². The van der Waals surface area contributed by atoms with Crippen LogP contribution in [0.2, 0.25) is 5.02 Å². The SMILES string of the molecule is CC(C)(C)OC(=O)N1CCC(C(F)(F)c2cccc(Cc3ccc(Cl)cc3F)n2)CC1. The fraction of sp³-hybridized carbons (Fsp3) is 0.478. The minimum Gasteiger partial charge on any atom is -0.444 e. The Labute approximate surface area is 185 Å². The number of rotatable bonds is 4. The molecule has 1 aromatic carbocycles. The molecule has 2 aromatic rings. The van der Waals surface area contributed by atoms with Crippen LogP contribution in [-0.4, -0.2) is 34.7 Å². The quantitative estimate of drug-likeness (QED) is 0.552. The van der Waals surface area contributed by atoms with Crippen LogP contribution in [0, 0.1) is 11.7 Å². The van der Waals surface area contributed by atoms with Gasteiger partial charge >= 0.3 is 6.09 Å². The molecule has 1 aliphatic heterocycles. The second kappa shape index (κ2) is 9.07. The molecule has 2 heterocycles. The minimum atomic E-state index is -3.16. The molecular formula is C23H26ClF3N2O2. The van der Waals surface area contributed by atoms with E-state index in [1.54, 1.807) is 32.9 Å². The zero-order valence-electron chi connectivity index (χ0n) is 17.8. The lowest BCUT2D eigenvalue weighted by Gasteiger charge is -2.36. The van der Waals surface area contributed by atoms with Gasteiger partial charge in [0.15, 0.2) is 0 Å². The molecule has 0 bridgehead atoms. The van der Waals surface area contributed by atoms with Crippen LogP contribution in [0.3, 0.4) is 0 Å². The van der Waals surface area contributed by atoms with Gasteiger partial charge in [-0.25, -0.2) is 9.18 Å². The molecule has 8 heteroatoms. The van der Waals surface area contributed by atoms with Crippen molar-refractivity contribution in [3.05, 3.63) is 64.2 Å². The van der Waals surface area contributed by atoms with E-state index in [4.69, 9.17) is 16.3 Å². The Bertz CT molecular complexity index is 939. The highest BCUT2D eigenvalue weighted by molar-refractivity contribution is 6.30. The molecule has 0 spiro atoms. The van der Waals surface area contributed by atoms with Crippen molar-refractivity contribution in [2.45, 2.75) is 51.6 Å². The number of benzene rings is 1. The summed E-state index contributed by atoms with van der Waals surface area (Å²) in [5.74, 6) is -4.60. The van der Waals surface area contributed by atoms with E-state index in [9.17, 15) is 9.18 Å². The Kier molecular flexibility index (Phi) is 6.84. The maximum Gasteiger partial charge on any atom is 0.410 e. The molecule has 0 atom stereocenters. The van der Waals surface area contributed by atoms with Crippen LogP contribution in [0.15, 0.2) is 36.4 Å². The van der Waals surface area contributed by atoms with E-state index in [-0.39, 0.29) is 43.1 Å². The molecule has 168 valence electrons. The molecule has 1 saturated heterocycles. The first-order valence-electron chi connectivity index (χ1n) is 10.2. The third-order valence-corrected chi connectivity index (χ3v) is 5.43. The number of piperidine rings is 1. The number of halogens is 4. The minimum absolute atomic E-state index is 0.0873. The van der Waals surface area contributed by atoms with Crippen LogP contribution in [0.4, 0.5) is 18.0 Å². The topological polar surface area (TPSA) is 42.4 Å². The largest absolute Gasteiger partial charge is 0.444 e. The Morgan fingerprint density at radius 1 is 1.19 bits per heavy atom. The highest BCUT2D eigenvalue weighted by Crippen LogP contribution is 2.41. The number of carbonyl (C=O) groups excluding carboxylic acids is 1. The van der Waals surface area contributed by atoms with Crippen LogP contribution in [0.5, 0.6) is 0 Å². The maximum absolute atomic E-state index is 15.2. The van der Waals surface area contributed by atoms with Gasteiger partial charge in [-0.1, -0.05) is 23.7 Å². The predicted molar refractivity (Wildman–Crippen MR) is 113 cm³/mol. The van der Waals surface area contributed by atoms with Gasteiger partial charge in [-0.3, -0.25) is 4.98 Å². The zero-order chi connectivity index (χ0) is 22.8. The first-order chi connectivity index (χ1) is 14.5. The lowest BCUT2D eigenvalue weighted by atomic mass is 9.88. The first-order valence-corrected chi connectivity index (χ1v) is 10.6. The summed E-state index contributed by atoms with van der Waals surface area (Å²) in [6, 6.07) is 8.66. The van der Waals surface area contributed by atoms with Gasteiger partial charge in [0.25, 0.3) is 5.92 Å². The fourth-order valence-corrected chi connectivity index (χ4v) is 3.74. The number of alkyl halides is 2. The lowest BCUT2D eigenvalue weighted by molar-refractivity contribution is -0.0895. The molecule has 4 nitrogen and oxygen atoms in total. The third-order valence-electron chi connectivity index (χ3n) is 5.19. The summed E-state index contributed by atoms with van der Waals surface area (Å²) in [6.45, 7) is 5.69. The number of nitrogens with zero attached hydrogens (tertiary/aromatic N) is 2. The Balaban J connectivity index is 1.68. The van der Waals surface area contributed by atoms with Crippen molar-refractivity contribution in [1.29, 1.82) is 0 Å². The standard InChI is InChI=1S/C23H26ClF3N2O2/c1-22(2,3)31-21(30)29-11-9-16(10-12-29)23(26,27)20-6-4-5-18(28-20)13-15-7-8-17(24)14-19(15)25/h4-8,14,16H,9-13H2,1-3H3. The van der Waals surface area contributed by atoms with Gasteiger partial charge in [-0.15, -0.1) is 0 Å². The normalized spacial score (nSPS) is 15.8. The summed E-state index contributed by atoms with van der Waals surface area (Å²) in [5, 5.41) is 0.271. The molecule has 1 amide bonds. The molecule has 1 fully saturated rings. The van der Waals surface area contributed by atoms with Gasteiger partial charge in [0, 0.05) is 36.1 Å². The van der Waals surface area contributed by atoms with Gasteiger partial charge in [-0.2, -0.15) is 8.78 Å². The Morgan fingerprint density at radius 2 is 1.87 bits per heavy atom. The molecule has 0 aliphatic carbocycles. The summed E-state index contributed by atoms with van der Waals surface area (Å²) >= 11 is 5.77. The smallest absolute Gasteiger partial charge is 0.410 e. The molecule has 31 heavy (non-hydrogen) atoms. The second-order valence-electron chi connectivity index (χ2n) is 8.79. The molecule has 0 radical (unpaired) electrons. The average molecular weight is 455 g/mol. The number of amides is 1. The van der Waals surface area contributed by atoms with Gasteiger partial charge < -0.3 is 9.64 Å². The summed E-state index contributed by atoms with van der Waals surface area (Å²) in [4.78, 5) is 17.8. The molecule has 1 aliphatic rings. The van der Waals surface area contributed by atoms with E-state index in [2.05, 4.69) is 4.98 Å². The van der Waals surface area contributed by atoms with Crippen molar-refractivity contribution in [3.8, 4) is 0 Å². The van der Waals surface area contributed by atoms with Crippen molar-refractivity contribution in [2.75, 3.05) is 13.1 Å². The molecule has 0 N–H and O–H groups in total. The number of carbonyl (C=O) groups is 1. The number of hydrogen-bond donors (Lipinski definition) is 0. The van der Waals surface area contributed by atoms with Crippen LogP contribution >= 0.6 is 11.6 Å². The number of ether oxygens (including phenoxy) is 1. The van der Waals surface area contributed by atoms with Crippen LogP contribution in [-0.2, 0) is 17.1 Å². The van der Waals surface area contributed by atoms with Crippen molar-refractivity contribution in [2.24, 2.45) is 5.92 Å². The number of pyridine rings is 1.